The zero-order chi connectivity index (χ0) is 15.0. The first-order chi connectivity index (χ1) is 9.58. The van der Waals surface area contributed by atoms with Crippen molar-refractivity contribution in [3.8, 4) is 11.5 Å². The minimum absolute atomic E-state index is 0.122. The number of benzene rings is 1. The Hall–Kier alpha value is -0.530. The molecule has 1 aromatic carbocycles. The van der Waals surface area contributed by atoms with Crippen LogP contribution in [-0.4, -0.2) is 31.0 Å². The van der Waals surface area contributed by atoms with Gasteiger partial charge in [-0.3, -0.25) is 0 Å². The van der Waals surface area contributed by atoms with E-state index in [0.29, 0.717) is 6.61 Å². The Labute approximate surface area is 135 Å². The van der Waals surface area contributed by atoms with Crippen LogP contribution in [0.3, 0.4) is 0 Å². The highest BCUT2D eigenvalue weighted by molar-refractivity contribution is 14.1. The predicted molar refractivity (Wildman–Crippen MR) is 89.5 cm³/mol. The van der Waals surface area contributed by atoms with E-state index in [0.717, 1.165) is 40.1 Å². The van der Waals surface area contributed by atoms with Crippen LogP contribution >= 0.6 is 22.6 Å². The third kappa shape index (κ3) is 5.85. The number of rotatable bonds is 9. The quantitative estimate of drug-likeness (QED) is 0.501. The third-order valence-corrected chi connectivity index (χ3v) is 3.36. The number of aliphatic hydroxyl groups excluding tert-OH is 1. The summed E-state index contributed by atoms with van der Waals surface area (Å²) in [5.74, 6) is 1.62. The normalized spacial score (nSPS) is 10.9. The van der Waals surface area contributed by atoms with Crippen LogP contribution in [0.1, 0.15) is 32.8 Å². The Morgan fingerprint density at radius 1 is 1.35 bits per heavy atom. The highest BCUT2D eigenvalue weighted by Gasteiger charge is 2.13. The summed E-state index contributed by atoms with van der Waals surface area (Å²) < 4.78 is 12.6. The summed E-state index contributed by atoms with van der Waals surface area (Å²) in [7, 11) is 0. The van der Waals surface area contributed by atoms with Crippen LogP contribution in [0.2, 0.25) is 0 Å². The number of hydrogen-bond acceptors (Lipinski definition) is 4. The maximum absolute atomic E-state index is 8.76. The van der Waals surface area contributed by atoms with E-state index in [2.05, 4.69) is 34.0 Å². The summed E-state index contributed by atoms with van der Waals surface area (Å²) in [4.78, 5) is 0. The molecule has 0 bridgehead atoms. The molecule has 0 aliphatic heterocycles. The van der Waals surface area contributed by atoms with Crippen LogP contribution < -0.4 is 14.8 Å². The molecule has 0 saturated heterocycles. The lowest BCUT2D eigenvalue weighted by Crippen LogP contribution is -2.16. The van der Waals surface area contributed by atoms with E-state index >= 15 is 0 Å². The molecule has 114 valence electrons. The van der Waals surface area contributed by atoms with Gasteiger partial charge in [-0.05, 0) is 74.0 Å². The fraction of sp³-hybridized carbons (Fsp3) is 0.600. The molecule has 1 aromatic rings. The van der Waals surface area contributed by atoms with E-state index in [-0.39, 0.29) is 12.7 Å². The molecule has 20 heavy (non-hydrogen) atoms. The fourth-order valence-corrected chi connectivity index (χ4v) is 2.57. The van der Waals surface area contributed by atoms with Crippen molar-refractivity contribution in [2.45, 2.75) is 39.8 Å². The lowest BCUT2D eigenvalue weighted by molar-refractivity contribution is 0.222. The van der Waals surface area contributed by atoms with Gasteiger partial charge in [0.2, 0.25) is 0 Å². The Kier molecular flexibility index (Phi) is 8.25. The lowest BCUT2D eigenvalue weighted by atomic mass is 10.2. The van der Waals surface area contributed by atoms with Crippen molar-refractivity contribution in [3.63, 3.8) is 0 Å². The number of nitrogens with one attached hydrogen (secondary N) is 1. The fourth-order valence-electron chi connectivity index (χ4n) is 1.77. The van der Waals surface area contributed by atoms with E-state index in [4.69, 9.17) is 14.6 Å². The number of hydrogen-bond donors (Lipinski definition) is 2. The van der Waals surface area contributed by atoms with Gasteiger partial charge in [-0.25, -0.2) is 0 Å². The molecule has 0 heterocycles. The molecule has 1 rings (SSSR count). The second kappa shape index (κ2) is 9.41. The summed E-state index contributed by atoms with van der Waals surface area (Å²) >= 11 is 2.28. The topological polar surface area (TPSA) is 50.7 Å². The standard InChI is InChI=1S/C15H24INO3/c1-4-19-14-9-12(10-17-6-5-7-18)8-13(16)15(14)20-11(2)3/h8-9,11,17-18H,4-7,10H2,1-3H3. The van der Waals surface area contributed by atoms with Crippen LogP contribution in [0.25, 0.3) is 0 Å². The molecule has 0 aliphatic carbocycles. The zero-order valence-electron chi connectivity index (χ0n) is 12.4. The highest BCUT2D eigenvalue weighted by atomic mass is 127. The second-order valence-electron chi connectivity index (χ2n) is 4.76. The van der Waals surface area contributed by atoms with Gasteiger partial charge in [-0.15, -0.1) is 0 Å². The Morgan fingerprint density at radius 3 is 2.70 bits per heavy atom. The van der Waals surface area contributed by atoms with Crippen molar-refractivity contribution >= 4 is 22.6 Å². The minimum atomic E-state index is 0.122. The zero-order valence-corrected chi connectivity index (χ0v) is 14.6. The van der Waals surface area contributed by atoms with Gasteiger partial charge in [-0.1, -0.05) is 0 Å². The summed E-state index contributed by atoms with van der Waals surface area (Å²) in [6.45, 7) is 8.39. The first-order valence-electron chi connectivity index (χ1n) is 7.02. The maximum atomic E-state index is 8.76. The van der Waals surface area contributed by atoms with Gasteiger partial charge in [0.15, 0.2) is 11.5 Å². The largest absolute Gasteiger partial charge is 0.490 e. The van der Waals surface area contributed by atoms with E-state index in [9.17, 15) is 0 Å². The average molecular weight is 393 g/mol. The van der Waals surface area contributed by atoms with Gasteiger partial charge < -0.3 is 19.9 Å². The molecule has 0 fully saturated rings. The molecule has 0 aromatic heterocycles. The highest BCUT2D eigenvalue weighted by Crippen LogP contribution is 2.35. The van der Waals surface area contributed by atoms with Crippen molar-refractivity contribution < 1.29 is 14.6 Å². The number of halogens is 1. The molecule has 0 spiro atoms. The molecule has 4 nitrogen and oxygen atoms in total. The molecule has 0 aliphatic rings. The van der Waals surface area contributed by atoms with Gasteiger partial charge in [0.1, 0.15) is 0 Å². The van der Waals surface area contributed by atoms with Gasteiger partial charge in [0.25, 0.3) is 0 Å². The third-order valence-electron chi connectivity index (χ3n) is 2.56. The average Bonchev–Trinajstić information content (AvgIpc) is 2.39. The molecule has 5 heteroatoms. The van der Waals surface area contributed by atoms with Gasteiger partial charge in [0, 0.05) is 13.2 Å². The number of aliphatic hydroxyl groups is 1. The molecule has 0 atom stereocenters. The van der Waals surface area contributed by atoms with Crippen LogP contribution in [0.15, 0.2) is 12.1 Å². The van der Waals surface area contributed by atoms with Crippen LogP contribution in [0.4, 0.5) is 0 Å². The van der Waals surface area contributed by atoms with Crippen LogP contribution in [-0.2, 0) is 6.54 Å². The summed E-state index contributed by atoms with van der Waals surface area (Å²) in [6, 6.07) is 4.13. The van der Waals surface area contributed by atoms with Crippen LogP contribution in [0.5, 0.6) is 11.5 Å². The molecule has 2 N–H and O–H groups in total. The van der Waals surface area contributed by atoms with Crippen LogP contribution in [0, 0.1) is 3.57 Å². The predicted octanol–water partition coefficient (Wildman–Crippen LogP) is 2.95. The van der Waals surface area contributed by atoms with Crippen molar-refractivity contribution in [2.24, 2.45) is 0 Å². The smallest absolute Gasteiger partial charge is 0.174 e. The summed E-state index contributed by atoms with van der Waals surface area (Å²) in [6.07, 6.45) is 0.889. The van der Waals surface area contributed by atoms with Gasteiger partial charge in [-0.2, -0.15) is 0 Å². The second-order valence-corrected chi connectivity index (χ2v) is 5.92. The van der Waals surface area contributed by atoms with Gasteiger partial charge >= 0.3 is 0 Å². The Morgan fingerprint density at radius 2 is 2.10 bits per heavy atom. The molecule has 0 amide bonds. The molecular formula is C15H24INO3. The Balaban J connectivity index is 2.83. The monoisotopic (exact) mass is 393 g/mol. The van der Waals surface area contributed by atoms with Gasteiger partial charge in [0.05, 0.1) is 16.3 Å². The van der Waals surface area contributed by atoms with Crippen molar-refractivity contribution in [1.82, 2.24) is 5.32 Å². The molecular weight excluding hydrogens is 369 g/mol. The molecule has 0 radical (unpaired) electrons. The summed E-state index contributed by atoms with van der Waals surface area (Å²) in [5.41, 5.74) is 1.16. The van der Waals surface area contributed by atoms with E-state index < -0.39 is 0 Å². The minimum Gasteiger partial charge on any atom is -0.490 e. The first-order valence-corrected chi connectivity index (χ1v) is 8.09. The SMILES string of the molecule is CCOc1cc(CNCCCO)cc(I)c1OC(C)C. The Bertz CT molecular complexity index is 410. The van der Waals surface area contributed by atoms with Crippen molar-refractivity contribution in [1.29, 1.82) is 0 Å². The summed E-state index contributed by atoms with van der Waals surface area (Å²) in [5, 5.41) is 12.1. The number of ether oxygens (including phenoxy) is 2. The maximum Gasteiger partial charge on any atom is 0.174 e. The van der Waals surface area contributed by atoms with Crippen molar-refractivity contribution in [2.75, 3.05) is 19.8 Å². The van der Waals surface area contributed by atoms with E-state index in [1.165, 1.54) is 0 Å². The van der Waals surface area contributed by atoms with Crippen molar-refractivity contribution in [3.05, 3.63) is 21.3 Å². The molecule has 0 unspecified atom stereocenters. The van der Waals surface area contributed by atoms with E-state index in [1.807, 2.05) is 26.8 Å². The molecule has 0 saturated carbocycles. The van der Waals surface area contributed by atoms with E-state index in [1.54, 1.807) is 0 Å². The first kappa shape index (κ1) is 17.5. The lowest BCUT2D eigenvalue weighted by Gasteiger charge is -2.17.